The maximum absolute atomic E-state index is 10.1. The molecule has 1 rings (SSSR count). The van der Waals surface area contributed by atoms with E-state index in [0.29, 0.717) is 6.54 Å². The second kappa shape index (κ2) is 9.72. The van der Waals surface area contributed by atoms with Gasteiger partial charge >= 0.3 is 0 Å². The monoisotopic (exact) mass is 282 g/mol. The van der Waals surface area contributed by atoms with Crippen molar-refractivity contribution >= 4 is 0 Å². The van der Waals surface area contributed by atoms with Gasteiger partial charge in [-0.25, -0.2) is 0 Å². The molecule has 1 aromatic carbocycles. The van der Waals surface area contributed by atoms with Gasteiger partial charge in [-0.15, -0.1) is 0 Å². The Morgan fingerprint density at radius 3 is 2.50 bits per heavy atom. The van der Waals surface area contributed by atoms with Crippen molar-refractivity contribution < 1.29 is 14.6 Å². The van der Waals surface area contributed by atoms with Crippen molar-refractivity contribution in [1.82, 2.24) is 10.2 Å². The summed E-state index contributed by atoms with van der Waals surface area (Å²) < 4.78 is 10.1. The van der Waals surface area contributed by atoms with Crippen molar-refractivity contribution in [2.24, 2.45) is 0 Å². The first-order valence-corrected chi connectivity index (χ1v) is 6.87. The molecular weight excluding hydrogens is 256 g/mol. The molecule has 2 N–H and O–H groups in total. The molecule has 0 amide bonds. The molecule has 1 aromatic rings. The zero-order valence-corrected chi connectivity index (χ0v) is 12.6. The highest BCUT2D eigenvalue weighted by Gasteiger charge is 2.07. The van der Waals surface area contributed by atoms with Crippen LogP contribution in [0.5, 0.6) is 5.75 Å². The van der Waals surface area contributed by atoms with Crippen molar-refractivity contribution in [3.05, 3.63) is 29.8 Å². The first-order valence-electron chi connectivity index (χ1n) is 6.87. The predicted octanol–water partition coefficient (Wildman–Crippen LogP) is 0.896. The molecule has 0 aliphatic carbocycles. The number of ether oxygens (including phenoxy) is 2. The highest BCUT2D eigenvalue weighted by atomic mass is 16.5. The zero-order valence-electron chi connectivity index (χ0n) is 12.6. The number of rotatable bonds is 10. The molecule has 5 nitrogen and oxygen atoms in total. The highest BCUT2D eigenvalue weighted by Crippen LogP contribution is 2.16. The third kappa shape index (κ3) is 6.34. The fourth-order valence-corrected chi connectivity index (χ4v) is 1.81. The van der Waals surface area contributed by atoms with E-state index in [9.17, 15) is 5.11 Å². The summed E-state index contributed by atoms with van der Waals surface area (Å²) in [5.74, 6) is 0.800. The largest absolute Gasteiger partial charge is 0.497 e. The van der Waals surface area contributed by atoms with Crippen molar-refractivity contribution in [3.63, 3.8) is 0 Å². The summed E-state index contributed by atoms with van der Waals surface area (Å²) in [6.07, 6.45) is -0.495. The van der Waals surface area contributed by atoms with Crippen LogP contribution < -0.4 is 10.1 Å². The Bertz CT molecular complexity index is 357. The molecule has 0 bridgehead atoms. The van der Waals surface area contributed by atoms with Crippen molar-refractivity contribution in [2.75, 3.05) is 54.1 Å². The van der Waals surface area contributed by atoms with Crippen LogP contribution in [0.4, 0.5) is 0 Å². The Labute approximate surface area is 121 Å². The Kier molecular flexibility index (Phi) is 8.22. The van der Waals surface area contributed by atoms with E-state index in [1.54, 1.807) is 14.2 Å². The van der Waals surface area contributed by atoms with E-state index in [4.69, 9.17) is 9.47 Å². The molecule has 0 spiro atoms. The van der Waals surface area contributed by atoms with Gasteiger partial charge in [-0.2, -0.15) is 0 Å². The number of hydrogen-bond acceptors (Lipinski definition) is 5. The molecule has 0 fully saturated rings. The molecule has 0 aliphatic rings. The van der Waals surface area contributed by atoms with Crippen LogP contribution in [0, 0.1) is 0 Å². The SMILES string of the molecule is COCCN(C)CCNCC(O)c1ccc(OC)cc1. The average Bonchev–Trinajstić information content (AvgIpc) is 2.49. The number of methoxy groups -OCH3 is 2. The Morgan fingerprint density at radius 2 is 1.90 bits per heavy atom. The molecule has 0 saturated carbocycles. The van der Waals surface area contributed by atoms with E-state index >= 15 is 0 Å². The molecule has 20 heavy (non-hydrogen) atoms. The maximum Gasteiger partial charge on any atom is 0.118 e. The second-order valence-electron chi connectivity index (χ2n) is 4.79. The highest BCUT2D eigenvalue weighted by molar-refractivity contribution is 5.28. The molecule has 0 aromatic heterocycles. The van der Waals surface area contributed by atoms with Gasteiger partial charge in [-0.05, 0) is 24.7 Å². The van der Waals surface area contributed by atoms with E-state index in [1.807, 2.05) is 24.3 Å². The van der Waals surface area contributed by atoms with Crippen LogP contribution in [0.3, 0.4) is 0 Å². The van der Waals surface area contributed by atoms with Crippen LogP contribution in [0.15, 0.2) is 24.3 Å². The smallest absolute Gasteiger partial charge is 0.118 e. The van der Waals surface area contributed by atoms with Crippen molar-refractivity contribution in [1.29, 1.82) is 0 Å². The molecule has 0 aliphatic heterocycles. The topological polar surface area (TPSA) is 54.0 Å². The molecular formula is C15H26N2O3. The standard InChI is InChI=1S/C15H26N2O3/c1-17(10-11-19-2)9-8-16-12-15(18)13-4-6-14(20-3)7-5-13/h4-7,15-16,18H,8-12H2,1-3H3. The lowest BCUT2D eigenvalue weighted by Gasteiger charge is -2.17. The maximum atomic E-state index is 10.1. The number of benzene rings is 1. The first-order chi connectivity index (χ1) is 9.67. The quantitative estimate of drug-likeness (QED) is 0.624. The van der Waals surface area contributed by atoms with E-state index in [2.05, 4.69) is 17.3 Å². The predicted molar refractivity (Wildman–Crippen MR) is 80.2 cm³/mol. The summed E-state index contributed by atoms with van der Waals surface area (Å²) in [7, 11) is 5.39. The van der Waals surface area contributed by atoms with E-state index in [1.165, 1.54) is 0 Å². The second-order valence-corrected chi connectivity index (χ2v) is 4.79. The third-order valence-corrected chi connectivity index (χ3v) is 3.19. The van der Waals surface area contributed by atoms with Gasteiger partial charge in [0.1, 0.15) is 5.75 Å². The lowest BCUT2D eigenvalue weighted by atomic mass is 10.1. The minimum atomic E-state index is -0.495. The number of hydrogen-bond donors (Lipinski definition) is 2. The summed E-state index contributed by atoms with van der Waals surface area (Å²) >= 11 is 0. The minimum Gasteiger partial charge on any atom is -0.497 e. The molecule has 114 valence electrons. The molecule has 1 unspecified atom stereocenters. The van der Waals surface area contributed by atoms with Crippen molar-refractivity contribution in [2.45, 2.75) is 6.10 Å². The third-order valence-electron chi connectivity index (χ3n) is 3.19. The van der Waals surface area contributed by atoms with Crippen LogP contribution in [-0.2, 0) is 4.74 Å². The van der Waals surface area contributed by atoms with Crippen molar-refractivity contribution in [3.8, 4) is 5.75 Å². The van der Waals surface area contributed by atoms with E-state index in [0.717, 1.165) is 37.6 Å². The zero-order chi connectivity index (χ0) is 14.8. The lowest BCUT2D eigenvalue weighted by molar-refractivity contribution is 0.156. The number of nitrogens with zero attached hydrogens (tertiary/aromatic N) is 1. The van der Waals surface area contributed by atoms with Crippen LogP contribution in [0.1, 0.15) is 11.7 Å². The van der Waals surface area contributed by atoms with Crippen LogP contribution in [0.25, 0.3) is 0 Å². The van der Waals surface area contributed by atoms with E-state index < -0.39 is 6.10 Å². The Morgan fingerprint density at radius 1 is 1.20 bits per heavy atom. The summed E-state index contributed by atoms with van der Waals surface area (Å²) in [4.78, 5) is 2.19. The fraction of sp³-hybridized carbons (Fsp3) is 0.600. The van der Waals surface area contributed by atoms with Gasteiger partial charge in [0.15, 0.2) is 0 Å². The van der Waals surface area contributed by atoms with Gasteiger partial charge in [-0.1, -0.05) is 12.1 Å². The minimum absolute atomic E-state index is 0.495. The number of likely N-dealkylation sites (N-methyl/N-ethyl adjacent to an activating group) is 1. The van der Waals surface area contributed by atoms with E-state index in [-0.39, 0.29) is 0 Å². The van der Waals surface area contributed by atoms with Gasteiger partial charge in [0.05, 0.1) is 19.8 Å². The molecule has 0 radical (unpaired) electrons. The Balaban J connectivity index is 2.20. The van der Waals surface area contributed by atoms with Crippen LogP contribution in [-0.4, -0.2) is 64.1 Å². The van der Waals surface area contributed by atoms with Gasteiger partial charge in [0.25, 0.3) is 0 Å². The molecule has 0 heterocycles. The van der Waals surface area contributed by atoms with Gasteiger partial charge in [0.2, 0.25) is 0 Å². The summed E-state index contributed by atoms with van der Waals surface area (Å²) in [5, 5.41) is 13.3. The normalized spacial score (nSPS) is 12.7. The molecule has 1 atom stereocenters. The molecule has 0 saturated heterocycles. The number of aliphatic hydroxyl groups excluding tert-OH is 1. The lowest BCUT2D eigenvalue weighted by Crippen LogP contribution is -2.33. The Hall–Kier alpha value is -1.14. The van der Waals surface area contributed by atoms with Crippen LogP contribution >= 0.6 is 0 Å². The number of nitrogens with one attached hydrogen (secondary N) is 1. The van der Waals surface area contributed by atoms with Gasteiger partial charge in [0, 0.05) is 33.3 Å². The number of aliphatic hydroxyl groups is 1. The summed E-state index contributed by atoms with van der Waals surface area (Å²) in [5.41, 5.74) is 0.894. The average molecular weight is 282 g/mol. The molecule has 5 heteroatoms. The van der Waals surface area contributed by atoms with Gasteiger partial charge in [-0.3, -0.25) is 0 Å². The summed E-state index contributed by atoms with van der Waals surface area (Å²) in [6, 6.07) is 7.49. The first kappa shape index (κ1) is 16.9. The van der Waals surface area contributed by atoms with Crippen LogP contribution in [0.2, 0.25) is 0 Å². The fourth-order valence-electron chi connectivity index (χ4n) is 1.81. The van der Waals surface area contributed by atoms with Gasteiger partial charge < -0.3 is 24.8 Å². The summed E-state index contributed by atoms with van der Waals surface area (Å²) in [6.45, 7) is 3.97.